The zero-order valence-electron chi connectivity index (χ0n) is 9.71. The van der Waals surface area contributed by atoms with Crippen LogP contribution in [0.2, 0.25) is 0 Å². The summed E-state index contributed by atoms with van der Waals surface area (Å²) >= 11 is 3.27. The van der Waals surface area contributed by atoms with Gasteiger partial charge in [0.05, 0.1) is 11.8 Å². The summed E-state index contributed by atoms with van der Waals surface area (Å²) in [5.41, 5.74) is -0.674. The van der Waals surface area contributed by atoms with Crippen molar-refractivity contribution < 1.29 is 5.11 Å². The highest BCUT2D eigenvalue weighted by molar-refractivity contribution is 9.10. The fourth-order valence-corrected chi connectivity index (χ4v) is 1.44. The van der Waals surface area contributed by atoms with E-state index in [2.05, 4.69) is 36.5 Å². The molecule has 16 heavy (non-hydrogen) atoms. The summed E-state index contributed by atoms with van der Waals surface area (Å²) < 4.78 is 0.678. The molecule has 5 nitrogen and oxygen atoms in total. The molecule has 0 saturated carbocycles. The van der Waals surface area contributed by atoms with Crippen LogP contribution in [0.25, 0.3) is 0 Å². The molecule has 0 saturated heterocycles. The fraction of sp³-hybridized carbons (Fsp3) is 0.600. The third-order valence-electron chi connectivity index (χ3n) is 2.01. The van der Waals surface area contributed by atoms with Gasteiger partial charge in [0.25, 0.3) is 0 Å². The monoisotopic (exact) mass is 288 g/mol. The molecule has 0 aliphatic carbocycles. The van der Waals surface area contributed by atoms with Gasteiger partial charge in [-0.3, -0.25) is 0 Å². The van der Waals surface area contributed by atoms with Crippen molar-refractivity contribution in [1.82, 2.24) is 9.97 Å². The molecule has 3 N–H and O–H groups in total. The molecule has 1 aromatic heterocycles. The van der Waals surface area contributed by atoms with Gasteiger partial charge in [-0.1, -0.05) is 0 Å². The van der Waals surface area contributed by atoms with E-state index >= 15 is 0 Å². The maximum absolute atomic E-state index is 9.58. The SMILES string of the molecule is CNc1ncc(Br)nc1NCCC(C)(C)O. The van der Waals surface area contributed by atoms with Crippen molar-refractivity contribution in [2.45, 2.75) is 25.9 Å². The van der Waals surface area contributed by atoms with E-state index in [4.69, 9.17) is 0 Å². The van der Waals surface area contributed by atoms with Gasteiger partial charge in [-0.2, -0.15) is 0 Å². The molecule has 0 unspecified atom stereocenters. The minimum Gasteiger partial charge on any atom is -0.390 e. The standard InChI is InChI=1S/C10H17BrN4O/c1-10(2,16)4-5-13-9-8(12-3)14-6-7(11)15-9/h6,16H,4-5H2,1-3H3,(H,12,14)(H,13,15). The normalized spacial score (nSPS) is 11.3. The molecule has 0 atom stereocenters. The Bertz CT molecular complexity index is 351. The highest BCUT2D eigenvalue weighted by Gasteiger charge is 2.12. The second kappa shape index (κ2) is 5.45. The van der Waals surface area contributed by atoms with Crippen molar-refractivity contribution in [3.8, 4) is 0 Å². The highest BCUT2D eigenvalue weighted by Crippen LogP contribution is 2.18. The van der Waals surface area contributed by atoms with Crippen LogP contribution in [-0.4, -0.2) is 34.3 Å². The molecule has 0 amide bonds. The van der Waals surface area contributed by atoms with Gasteiger partial charge in [-0.05, 0) is 36.2 Å². The third-order valence-corrected chi connectivity index (χ3v) is 2.39. The Morgan fingerprint density at radius 2 is 2.12 bits per heavy atom. The summed E-state index contributed by atoms with van der Waals surface area (Å²) in [5, 5.41) is 15.7. The van der Waals surface area contributed by atoms with Gasteiger partial charge in [0.15, 0.2) is 11.6 Å². The number of nitrogens with zero attached hydrogens (tertiary/aromatic N) is 2. The smallest absolute Gasteiger partial charge is 0.170 e. The van der Waals surface area contributed by atoms with Crippen molar-refractivity contribution in [2.24, 2.45) is 0 Å². The van der Waals surface area contributed by atoms with Gasteiger partial charge in [0, 0.05) is 13.6 Å². The molecule has 1 heterocycles. The Labute approximate surface area is 104 Å². The average Bonchev–Trinajstić information content (AvgIpc) is 2.16. The second-order valence-corrected chi connectivity index (χ2v) is 4.94. The lowest BCUT2D eigenvalue weighted by Gasteiger charge is -2.17. The number of aliphatic hydroxyl groups is 1. The Balaban J connectivity index is 2.62. The van der Waals surface area contributed by atoms with Gasteiger partial charge >= 0.3 is 0 Å². The first-order valence-corrected chi connectivity index (χ1v) is 5.88. The number of nitrogens with one attached hydrogen (secondary N) is 2. The first-order valence-electron chi connectivity index (χ1n) is 5.09. The summed E-state index contributed by atoms with van der Waals surface area (Å²) in [6.45, 7) is 4.20. The van der Waals surface area contributed by atoms with Crippen LogP contribution in [0.4, 0.5) is 11.6 Å². The Hall–Kier alpha value is -0.880. The van der Waals surface area contributed by atoms with E-state index in [1.54, 1.807) is 27.1 Å². The zero-order valence-corrected chi connectivity index (χ0v) is 11.3. The highest BCUT2D eigenvalue weighted by atomic mass is 79.9. The lowest BCUT2D eigenvalue weighted by molar-refractivity contribution is 0.0748. The summed E-state index contributed by atoms with van der Waals surface area (Å²) in [7, 11) is 1.79. The van der Waals surface area contributed by atoms with Crippen LogP contribution in [0.1, 0.15) is 20.3 Å². The van der Waals surface area contributed by atoms with Crippen LogP contribution in [0.15, 0.2) is 10.8 Å². The zero-order chi connectivity index (χ0) is 12.2. The van der Waals surface area contributed by atoms with Crippen molar-refractivity contribution in [2.75, 3.05) is 24.2 Å². The lowest BCUT2D eigenvalue weighted by Crippen LogP contribution is -2.23. The molecule has 1 aromatic rings. The number of hydrogen-bond acceptors (Lipinski definition) is 5. The second-order valence-electron chi connectivity index (χ2n) is 4.13. The van der Waals surface area contributed by atoms with Crippen LogP contribution < -0.4 is 10.6 Å². The lowest BCUT2D eigenvalue weighted by atomic mass is 10.1. The number of aromatic nitrogens is 2. The molecule has 1 rings (SSSR count). The van der Waals surface area contributed by atoms with Crippen LogP contribution >= 0.6 is 15.9 Å². The molecule has 0 aliphatic heterocycles. The van der Waals surface area contributed by atoms with Gasteiger partial charge in [0.1, 0.15) is 4.60 Å². The predicted octanol–water partition coefficient (Wildman–Crippen LogP) is 1.85. The Morgan fingerprint density at radius 1 is 1.44 bits per heavy atom. The number of anilines is 2. The minimum absolute atomic E-state index is 0.642. The Morgan fingerprint density at radius 3 is 2.69 bits per heavy atom. The van der Waals surface area contributed by atoms with Crippen LogP contribution in [0.3, 0.4) is 0 Å². The van der Waals surface area contributed by atoms with E-state index in [1.165, 1.54) is 0 Å². The maximum atomic E-state index is 9.58. The third kappa shape index (κ3) is 4.32. The summed E-state index contributed by atoms with van der Waals surface area (Å²) in [6, 6.07) is 0. The summed E-state index contributed by atoms with van der Waals surface area (Å²) in [5.74, 6) is 1.38. The maximum Gasteiger partial charge on any atom is 0.170 e. The van der Waals surface area contributed by atoms with Crippen molar-refractivity contribution >= 4 is 27.6 Å². The van der Waals surface area contributed by atoms with Crippen LogP contribution in [0.5, 0.6) is 0 Å². The van der Waals surface area contributed by atoms with Gasteiger partial charge in [0.2, 0.25) is 0 Å². The first kappa shape index (κ1) is 13.2. The van der Waals surface area contributed by atoms with Crippen molar-refractivity contribution in [3.05, 3.63) is 10.8 Å². The molecule has 0 spiro atoms. The van der Waals surface area contributed by atoms with Crippen molar-refractivity contribution in [1.29, 1.82) is 0 Å². The fourth-order valence-electron chi connectivity index (χ4n) is 1.16. The molecule has 0 fully saturated rings. The molecule has 0 bridgehead atoms. The predicted molar refractivity (Wildman–Crippen MR) is 68.7 cm³/mol. The van der Waals surface area contributed by atoms with E-state index in [9.17, 15) is 5.11 Å². The molecular weight excluding hydrogens is 272 g/mol. The quantitative estimate of drug-likeness (QED) is 0.772. The number of hydrogen-bond donors (Lipinski definition) is 3. The number of rotatable bonds is 5. The first-order chi connectivity index (χ1) is 7.42. The van der Waals surface area contributed by atoms with Crippen molar-refractivity contribution in [3.63, 3.8) is 0 Å². The molecule has 0 aliphatic rings. The van der Waals surface area contributed by atoms with E-state index in [0.29, 0.717) is 29.2 Å². The van der Waals surface area contributed by atoms with E-state index in [0.717, 1.165) is 0 Å². The number of halogens is 1. The van der Waals surface area contributed by atoms with E-state index in [1.807, 2.05) is 0 Å². The summed E-state index contributed by atoms with van der Waals surface area (Å²) in [4.78, 5) is 8.43. The van der Waals surface area contributed by atoms with Gasteiger partial charge in [-0.15, -0.1) is 0 Å². The molecule has 0 radical (unpaired) electrons. The molecular formula is C10H17BrN4O. The largest absolute Gasteiger partial charge is 0.390 e. The van der Waals surface area contributed by atoms with E-state index < -0.39 is 5.60 Å². The van der Waals surface area contributed by atoms with E-state index in [-0.39, 0.29) is 0 Å². The molecule has 6 heteroatoms. The van der Waals surface area contributed by atoms with Gasteiger partial charge in [-0.25, -0.2) is 9.97 Å². The minimum atomic E-state index is -0.674. The Kier molecular flexibility index (Phi) is 4.49. The molecule has 0 aromatic carbocycles. The van der Waals surface area contributed by atoms with Crippen LogP contribution in [0, 0.1) is 0 Å². The van der Waals surface area contributed by atoms with Gasteiger partial charge < -0.3 is 15.7 Å². The average molecular weight is 289 g/mol. The molecule has 90 valence electrons. The topological polar surface area (TPSA) is 70.1 Å². The summed E-state index contributed by atoms with van der Waals surface area (Å²) in [6.07, 6.45) is 2.28. The van der Waals surface area contributed by atoms with Crippen LogP contribution in [-0.2, 0) is 0 Å².